The molecular weight excluding hydrogens is 424 g/mol. The lowest BCUT2D eigenvalue weighted by Gasteiger charge is -2.14. The summed E-state index contributed by atoms with van der Waals surface area (Å²) in [7, 11) is 0. The summed E-state index contributed by atoms with van der Waals surface area (Å²) in [4.78, 5) is 25.6. The van der Waals surface area contributed by atoms with Crippen LogP contribution in [0.5, 0.6) is 11.5 Å². The monoisotopic (exact) mass is 442 g/mol. The molecule has 0 atom stereocenters. The van der Waals surface area contributed by atoms with E-state index >= 15 is 0 Å². The Kier molecular flexibility index (Phi) is 6.49. The zero-order chi connectivity index (χ0) is 22.3. The molecule has 4 aromatic rings. The van der Waals surface area contributed by atoms with Crippen LogP contribution in [0.1, 0.15) is 20.7 Å². The molecule has 0 bridgehead atoms. The maximum atomic E-state index is 13.1. The molecule has 2 amide bonds. The van der Waals surface area contributed by atoms with Crippen LogP contribution in [0.4, 0.5) is 11.4 Å². The van der Waals surface area contributed by atoms with Gasteiger partial charge < -0.3 is 15.4 Å². The van der Waals surface area contributed by atoms with Gasteiger partial charge in [-0.1, -0.05) is 54.1 Å². The van der Waals surface area contributed by atoms with E-state index in [1.54, 1.807) is 91.0 Å². The first-order chi connectivity index (χ1) is 15.6. The first-order valence-electron chi connectivity index (χ1n) is 9.89. The molecule has 2 N–H and O–H groups in total. The zero-order valence-corrected chi connectivity index (χ0v) is 17.7. The Balaban J connectivity index is 1.54. The summed E-state index contributed by atoms with van der Waals surface area (Å²) in [6, 6.07) is 29.7. The zero-order valence-electron chi connectivity index (χ0n) is 16.9. The number of nitrogens with one attached hydrogen (secondary N) is 2. The second kappa shape index (κ2) is 9.81. The Hall–Kier alpha value is -4.09. The highest BCUT2D eigenvalue weighted by Crippen LogP contribution is 2.30. The first kappa shape index (κ1) is 21.2. The van der Waals surface area contributed by atoms with Crippen molar-refractivity contribution in [1.82, 2.24) is 0 Å². The summed E-state index contributed by atoms with van der Waals surface area (Å²) in [6.07, 6.45) is 0. The third-order valence-corrected chi connectivity index (χ3v) is 4.88. The minimum absolute atomic E-state index is 0.294. The molecule has 0 unspecified atom stereocenters. The van der Waals surface area contributed by atoms with Gasteiger partial charge in [-0.2, -0.15) is 0 Å². The standard InChI is InChI=1S/C26H19ClN2O3/c27-19-14-16-20(17-15-19)32-24-13-7-6-12-23(24)29-26(31)21-10-4-5-11-22(21)28-25(30)18-8-2-1-3-9-18/h1-17H,(H,28,30)(H,29,31). The summed E-state index contributed by atoms with van der Waals surface area (Å²) < 4.78 is 5.91. The van der Waals surface area contributed by atoms with Gasteiger partial charge in [0.25, 0.3) is 11.8 Å². The van der Waals surface area contributed by atoms with Gasteiger partial charge in [0.2, 0.25) is 0 Å². The lowest BCUT2D eigenvalue weighted by Crippen LogP contribution is -2.18. The molecule has 6 heteroatoms. The molecule has 0 heterocycles. The average molecular weight is 443 g/mol. The maximum absolute atomic E-state index is 13.1. The SMILES string of the molecule is O=C(Nc1ccccc1C(=O)Nc1ccccc1Oc1ccc(Cl)cc1)c1ccccc1. The number of halogens is 1. The molecule has 0 aliphatic heterocycles. The minimum atomic E-state index is -0.374. The van der Waals surface area contributed by atoms with Crippen molar-refractivity contribution in [1.29, 1.82) is 0 Å². The van der Waals surface area contributed by atoms with Crippen LogP contribution in [-0.4, -0.2) is 11.8 Å². The van der Waals surface area contributed by atoms with Gasteiger partial charge in [-0.3, -0.25) is 9.59 Å². The largest absolute Gasteiger partial charge is 0.455 e. The van der Waals surface area contributed by atoms with Crippen molar-refractivity contribution in [3.05, 3.63) is 119 Å². The number of hydrogen-bond donors (Lipinski definition) is 2. The molecule has 5 nitrogen and oxygen atoms in total. The van der Waals surface area contributed by atoms with E-state index in [2.05, 4.69) is 10.6 Å². The number of ether oxygens (including phenoxy) is 1. The lowest BCUT2D eigenvalue weighted by atomic mass is 10.1. The Bertz CT molecular complexity index is 1240. The second-order valence-corrected chi connectivity index (χ2v) is 7.31. The molecule has 0 aliphatic carbocycles. The third-order valence-electron chi connectivity index (χ3n) is 4.63. The van der Waals surface area contributed by atoms with Crippen molar-refractivity contribution in [2.75, 3.05) is 10.6 Å². The van der Waals surface area contributed by atoms with Gasteiger partial charge in [-0.15, -0.1) is 0 Å². The summed E-state index contributed by atoms with van der Waals surface area (Å²) in [5.41, 5.74) is 1.74. The molecule has 4 aromatic carbocycles. The number of amides is 2. The van der Waals surface area contributed by atoms with Gasteiger partial charge in [0.15, 0.2) is 5.75 Å². The van der Waals surface area contributed by atoms with E-state index in [1.807, 2.05) is 12.1 Å². The highest BCUT2D eigenvalue weighted by molar-refractivity contribution is 6.30. The van der Waals surface area contributed by atoms with Crippen LogP contribution in [-0.2, 0) is 0 Å². The van der Waals surface area contributed by atoms with Crippen molar-refractivity contribution < 1.29 is 14.3 Å². The maximum Gasteiger partial charge on any atom is 0.257 e. The highest BCUT2D eigenvalue weighted by Gasteiger charge is 2.16. The molecule has 0 aromatic heterocycles. The minimum Gasteiger partial charge on any atom is -0.455 e. The molecule has 32 heavy (non-hydrogen) atoms. The van der Waals surface area contributed by atoms with E-state index in [0.29, 0.717) is 39.0 Å². The number of anilines is 2. The molecule has 0 radical (unpaired) electrons. The van der Waals surface area contributed by atoms with Crippen molar-refractivity contribution in [3.8, 4) is 11.5 Å². The van der Waals surface area contributed by atoms with E-state index < -0.39 is 0 Å². The van der Waals surface area contributed by atoms with Gasteiger partial charge in [0.05, 0.1) is 16.9 Å². The van der Waals surface area contributed by atoms with E-state index in [-0.39, 0.29) is 11.8 Å². The van der Waals surface area contributed by atoms with E-state index in [0.717, 1.165) is 0 Å². The fourth-order valence-electron chi connectivity index (χ4n) is 3.05. The van der Waals surface area contributed by atoms with Crippen LogP contribution in [0, 0.1) is 0 Å². The molecule has 0 fully saturated rings. The number of hydrogen-bond acceptors (Lipinski definition) is 3. The van der Waals surface area contributed by atoms with Gasteiger partial charge >= 0.3 is 0 Å². The fraction of sp³-hybridized carbons (Fsp3) is 0. The summed E-state index contributed by atoms with van der Waals surface area (Å²) in [6.45, 7) is 0. The van der Waals surface area contributed by atoms with E-state index in [4.69, 9.17) is 16.3 Å². The normalized spacial score (nSPS) is 10.3. The average Bonchev–Trinajstić information content (AvgIpc) is 2.82. The Morgan fingerprint density at radius 3 is 1.97 bits per heavy atom. The predicted octanol–water partition coefficient (Wildman–Crippen LogP) is 6.64. The number of carbonyl (C=O) groups excluding carboxylic acids is 2. The second-order valence-electron chi connectivity index (χ2n) is 6.87. The van der Waals surface area contributed by atoms with Crippen molar-refractivity contribution in [2.24, 2.45) is 0 Å². The van der Waals surface area contributed by atoms with Crippen molar-refractivity contribution in [2.45, 2.75) is 0 Å². The molecule has 0 saturated heterocycles. The fourth-order valence-corrected chi connectivity index (χ4v) is 3.18. The van der Waals surface area contributed by atoms with Crippen LogP contribution >= 0.6 is 11.6 Å². The molecule has 0 saturated carbocycles. The van der Waals surface area contributed by atoms with Gasteiger partial charge in [0, 0.05) is 10.6 Å². The van der Waals surface area contributed by atoms with Gasteiger partial charge in [-0.25, -0.2) is 0 Å². The molecule has 0 spiro atoms. The van der Waals surface area contributed by atoms with Gasteiger partial charge in [0.1, 0.15) is 5.75 Å². The first-order valence-corrected chi connectivity index (χ1v) is 10.3. The Morgan fingerprint density at radius 1 is 0.625 bits per heavy atom. The smallest absolute Gasteiger partial charge is 0.257 e. The van der Waals surface area contributed by atoms with Crippen molar-refractivity contribution >= 4 is 34.8 Å². The van der Waals surface area contributed by atoms with E-state index in [9.17, 15) is 9.59 Å². The Morgan fingerprint density at radius 2 is 1.22 bits per heavy atom. The van der Waals surface area contributed by atoms with Crippen molar-refractivity contribution in [3.63, 3.8) is 0 Å². The van der Waals surface area contributed by atoms with Crippen LogP contribution < -0.4 is 15.4 Å². The van der Waals surface area contributed by atoms with Crippen LogP contribution in [0.25, 0.3) is 0 Å². The summed E-state index contributed by atoms with van der Waals surface area (Å²) in [5.74, 6) is 0.402. The number of para-hydroxylation sites is 3. The molecule has 158 valence electrons. The predicted molar refractivity (Wildman–Crippen MR) is 127 cm³/mol. The topological polar surface area (TPSA) is 67.4 Å². The van der Waals surface area contributed by atoms with Crippen LogP contribution in [0.15, 0.2) is 103 Å². The lowest BCUT2D eigenvalue weighted by molar-refractivity contribution is 0.102. The quantitative estimate of drug-likeness (QED) is 0.352. The third kappa shape index (κ3) is 5.14. The van der Waals surface area contributed by atoms with Crippen LogP contribution in [0.2, 0.25) is 5.02 Å². The Labute approximate surface area is 190 Å². The molecular formula is C26H19ClN2O3. The molecule has 4 rings (SSSR count). The molecule has 0 aliphatic rings. The number of rotatable bonds is 6. The summed E-state index contributed by atoms with van der Waals surface area (Å²) in [5, 5.41) is 6.29. The number of carbonyl (C=O) groups is 2. The van der Waals surface area contributed by atoms with E-state index in [1.165, 1.54) is 0 Å². The van der Waals surface area contributed by atoms with Gasteiger partial charge in [-0.05, 0) is 60.7 Å². The highest BCUT2D eigenvalue weighted by atomic mass is 35.5. The van der Waals surface area contributed by atoms with Crippen LogP contribution in [0.3, 0.4) is 0 Å². The summed E-state index contributed by atoms with van der Waals surface area (Å²) >= 11 is 5.93. The number of benzene rings is 4.